The number of carbonyl (C=O) groups excluding carboxylic acids is 1. The van der Waals surface area contributed by atoms with Gasteiger partial charge in [0, 0.05) is 12.4 Å². The lowest BCUT2D eigenvalue weighted by atomic mass is 10.2. The fourth-order valence-corrected chi connectivity index (χ4v) is 4.18. The van der Waals surface area contributed by atoms with Crippen molar-refractivity contribution < 1.29 is 13.2 Å². The largest absolute Gasteiger partial charge is 0.300 e. The molecule has 3 rings (SSSR count). The highest BCUT2D eigenvalue weighted by molar-refractivity contribution is 8.19. The Morgan fingerprint density at radius 3 is 2.67 bits per heavy atom. The molecule has 1 aromatic carbocycles. The third kappa shape index (κ3) is 4.30. The Labute approximate surface area is 143 Å². The van der Waals surface area contributed by atoms with Gasteiger partial charge >= 0.3 is 0 Å². The third-order valence-corrected chi connectivity index (χ3v) is 5.23. The van der Waals surface area contributed by atoms with Crippen molar-refractivity contribution in [1.82, 2.24) is 10.3 Å². The molecule has 0 radical (unpaired) electrons. The number of aromatic nitrogens is 1. The van der Waals surface area contributed by atoms with E-state index in [0.717, 1.165) is 17.3 Å². The second-order valence-corrected chi connectivity index (χ2v) is 7.63. The molecule has 1 aromatic heterocycles. The van der Waals surface area contributed by atoms with E-state index < -0.39 is 10.0 Å². The second kappa shape index (κ2) is 6.98. The average molecular weight is 359 g/mol. The number of carbonyl (C=O) groups is 1. The summed E-state index contributed by atoms with van der Waals surface area (Å²) < 4.78 is 28.0. The van der Waals surface area contributed by atoms with Crippen molar-refractivity contribution in [3.05, 3.63) is 70.9 Å². The highest BCUT2D eigenvalue weighted by atomic mass is 32.2. The molecule has 1 aliphatic heterocycles. The molecule has 2 heterocycles. The summed E-state index contributed by atoms with van der Waals surface area (Å²) in [6.07, 6.45) is 4.88. The summed E-state index contributed by atoms with van der Waals surface area (Å²) in [5, 5.41) is 2.53. The monoisotopic (exact) mass is 359 g/mol. The van der Waals surface area contributed by atoms with Gasteiger partial charge in [0.2, 0.25) is 0 Å². The van der Waals surface area contributed by atoms with Gasteiger partial charge in [0.25, 0.3) is 15.9 Å². The van der Waals surface area contributed by atoms with Crippen LogP contribution in [0.15, 0.2) is 64.2 Å². The lowest BCUT2D eigenvalue weighted by Gasteiger charge is -2.00. The zero-order valence-corrected chi connectivity index (χ0v) is 14.0. The molecular formula is C16H13N3O3S2. The summed E-state index contributed by atoms with van der Waals surface area (Å²) in [7, 11) is -3.72. The Hall–Kier alpha value is -2.45. The minimum Gasteiger partial charge on any atom is -0.300 e. The number of sulfonamides is 1. The number of amides is 1. The topological polar surface area (TPSA) is 88.5 Å². The molecule has 2 aromatic rings. The molecule has 0 unspecified atom stereocenters. The summed E-state index contributed by atoms with van der Waals surface area (Å²) in [6.45, 7) is 0. The van der Waals surface area contributed by atoms with Gasteiger partial charge in [-0.15, -0.1) is 4.40 Å². The SMILES string of the molecule is O=C1NC(=NS(=O)(=O)Cc2ccccc2)S/C1=C/c1cccnc1. The maximum atomic E-state index is 12.1. The van der Waals surface area contributed by atoms with E-state index in [1.165, 1.54) is 0 Å². The van der Waals surface area contributed by atoms with Crippen LogP contribution in [-0.4, -0.2) is 24.5 Å². The van der Waals surface area contributed by atoms with Crippen LogP contribution in [0.25, 0.3) is 6.08 Å². The Bertz CT molecular complexity index is 908. The van der Waals surface area contributed by atoms with Crippen LogP contribution in [0, 0.1) is 0 Å². The highest BCUT2D eigenvalue weighted by Crippen LogP contribution is 2.26. The fourth-order valence-electron chi connectivity index (χ4n) is 2.03. The first-order valence-electron chi connectivity index (χ1n) is 6.99. The first-order chi connectivity index (χ1) is 11.5. The fraction of sp³-hybridized carbons (Fsp3) is 0.0625. The van der Waals surface area contributed by atoms with E-state index in [-0.39, 0.29) is 16.8 Å². The summed E-state index contributed by atoms with van der Waals surface area (Å²) in [5.41, 5.74) is 1.39. The summed E-state index contributed by atoms with van der Waals surface area (Å²) in [6, 6.07) is 12.3. The molecule has 1 amide bonds. The van der Waals surface area contributed by atoms with Gasteiger partial charge in [0.1, 0.15) is 0 Å². The number of pyridine rings is 1. The van der Waals surface area contributed by atoms with E-state index in [4.69, 9.17) is 0 Å². The van der Waals surface area contributed by atoms with Gasteiger partial charge in [0.05, 0.1) is 10.7 Å². The van der Waals surface area contributed by atoms with Crippen LogP contribution < -0.4 is 5.32 Å². The molecule has 0 spiro atoms. The van der Waals surface area contributed by atoms with Gasteiger partial charge in [-0.05, 0) is 35.0 Å². The minimum atomic E-state index is -3.72. The van der Waals surface area contributed by atoms with Gasteiger partial charge in [0.15, 0.2) is 5.17 Å². The van der Waals surface area contributed by atoms with E-state index in [1.807, 2.05) is 6.07 Å². The standard InChI is InChI=1S/C16H13N3O3S2/c20-15-14(9-13-7-4-8-17-10-13)23-16(18-15)19-24(21,22)11-12-5-2-1-3-6-12/h1-10H,11H2,(H,18,19,20)/b14-9+. The van der Waals surface area contributed by atoms with Crippen molar-refractivity contribution in [3.8, 4) is 0 Å². The normalized spacial score (nSPS) is 18.1. The number of thioether (sulfide) groups is 1. The van der Waals surface area contributed by atoms with Crippen LogP contribution in [0.4, 0.5) is 0 Å². The van der Waals surface area contributed by atoms with E-state index >= 15 is 0 Å². The lowest BCUT2D eigenvalue weighted by molar-refractivity contribution is -0.115. The maximum Gasteiger partial charge on any atom is 0.264 e. The molecule has 1 aliphatic rings. The zero-order chi connectivity index (χ0) is 17.0. The summed E-state index contributed by atoms with van der Waals surface area (Å²) in [4.78, 5) is 16.3. The van der Waals surface area contributed by atoms with E-state index in [1.54, 1.807) is 54.9 Å². The quantitative estimate of drug-likeness (QED) is 0.845. The predicted molar refractivity (Wildman–Crippen MR) is 94.4 cm³/mol. The summed E-state index contributed by atoms with van der Waals surface area (Å²) in [5.74, 6) is -0.590. The number of amidine groups is 1. The maximum absolute atomic E-state index is 12.1. The van der Waals surface area contributed by atoms with Gasteiger partial charge in [-0.3, -0.25) is 15.1 Å². The minimum absolute atomic E-state index is 0.0612. The lowest BCUT2D eigenvalue weighted by Crippen LogP contribution is -2.21. The van der Waals surface area contributed by atoms with Crippen LogP contribution in [0.1, 0.15) is 11.1 Å². The van der Waals surface area contributed by atoms with Crippen LogP contribution in [0.5, 0.6) is 0 Å². The van der Waals surface area contributed by atoms with Crippen molar-refractivity contribution in [1.29, 1.82) is 0 Å². The van der Waals surface area contributed by atoms with Crippen molar-refractivity contribution in [2.75, 3.05) is 0 Å². The second-order valence-electron chi connectivity index (χ2n) is 4.96. The van der Waals surface area contributed by atoms with Crippen molar-refractivity contribution in [2.24, 2.45) is 4.40 Å². The van der Waals surface area contributed by atoms with Crippen molar-refractivity contribution >= 4 is 38.9 Å². The molecule has 1 N–H and O–H groups in total. The Kier molecular flexibility index (Phi) is 4.77. The predicted octanol–water partition coefficient (Wildman–Crippen LogP) is 2.17. The smallest absolute Gasteiger partial charge is 0.264 e. The number of benzene rings is 1. The highest BCUT2D eigenvalue weighted by Gasteiger charge is 2.26. The number of rotatable bonds is 4. The van der Waals surface area contributed by atoms with Crippen molar-refractivity contribution in [2.45, 2.75) is 5.75 Å². The van der Waals surface area contributed by atoms with E-state index in [2.05, 4.69) is 14.7 Å². The van der Waals surface area contributed by atoms with Crippen LogP contribution in [0.2, 0.25) is 0 Å². The van der Waals surface area contributed by atoms with Gasteiger partial charge < -0.3 is 0 Å². The molecule has 8 heteroatoms. The third-order valence-electron chi connectivity index (χ3n) is 3.05. The average Bonchev–Trinajstić information content (AvgIpc) is 2.87. The molecule has 0 bridgehead atoms. The Balaban J connectivity index is 1.77. The van der Waals surface area contributed by atoms with Gasteiger partial charge in [-0.2, -0.15) is 0 Å². The van der Waals surface area contributed by atoms with E-state index in [9.17, 15) is 13.2 Å². The van der Waals surface area contributed by atoms with E-state index in [0.29, 0.717) is 10.5 Å². The number of nitrogens with one attached hydrogen (secondary N) is 1. The van der Waals surface area contributed by atoms with Crippen LogP contribution in [-0.2, 0) is 20.6 Å². The molecule has 0 atom stereocenters. The molecule has 6 nitrogen and oxygen atoms in total. The molecule has 0 saturated carbocycles. The summed E-state index contributed by atoms with van der Waals surface area (Å²) >= 11 is 0.995. The van der Waals surface area contributed by atoms with Crippen LogP contribution in [0.3, 0.4) is 0 Å². The molecular weight excluding hydrogens is 346 g/mol. The Morgan fingerprint density at radius 1 is 1.17 bits per heavy atom. The molecule has 0 aliphatic carbocycles. The first-order valence-corrected chi connectivity index (χ1v) is 9.42. The van der Waals surface area contributed by atoms with Gasteiger partial charge in [-0.1, -0.05) is 36.4 Å². The molecule has 1 saturated heterocycles. The van der Waals surface area contributed by atoms with Crippen LogP contribution >= 0.6 is 11.8 Å². The molecule has 122 valence electrons. The zero-order valence-electron chi connectivity index (χ0n) is 12.4. The first kappa shape index (κ1) is 16.4. The number of hydrogen-bond donors (Lipinski definition) is 1. The number of hydrogen-bond acceptors (Lipinski definition) is 5. The van der Waals surface area contributed by atoms with Crippen molar-refractivity contribution in [3.63, 3.8) is 0 Å². The molecule has 1 fully saturated rings. The van der Waals surface area contributed by atoms with Gasteiger partial charge in [-0.25, -0.2) is 8.42 Å². The Morgan fingerprint density at radius 2 is 1.96 bits per heavy atom. The molecule has 24 heavy (non-hydrogen) atoms. The number of nitrogens with zero attached hydrogens (tertiary/aromatic N) is 2.